The molecule has 0 spiro atoms. The van der Waals surface area contributed by atoms with Gasteiger partial charge in [0, 0.05) is 36.2 Å². The number of aliphatic hydroxyl groups excluding tert-OH is 2. The van der Waals surface area contributed by atoms with Crippen LogP contribution in [0.4, 0.5) is 16.0 Å². The van der Waals surface area contributed by atoms with Crippen LogP contribution in [-0.4, -0.2) is 72.5 Å². The average Bonchev–Trinajstić information content (AvgIpc) is 3.53. The highest BCUT2D eigenvalue weighted by Crippen LogP contribution is 2.34. The van der Waals surface area contributed by atoms with Gasteiger partial charge in [-0.15, -0.1) is 5.10 Å². The van der Waals surface area contributed by atoms with Gasteiger partial charge in [-0.25, -0.2) is 14.4 Å². The minimum absolute atomic E-state index is 0.00839. The molecule has 1 saturated heterocycles. The molecule has 4 heterocycles. The molecule has 0 aliphatic carbocycles. The van der Waals surface area contributed by atoms with Crippen LogP contribution in [0, 0.1) is 5.82 Å². The highest BCUT2D eigenvalue weighted by Gasteiger charge is 2.32. The highest BCUT2D eigenvalue weighted by atomic mass is 19.1. The van der Waals surface area contributed by atoms with Gasteiger partial charge in [0.15, 0.2) is 23.0 Å². The van der Waals surface area contributed by atoms with Gasteiger partial charge in [-0.1, -0.05) is 0 Å². The van der Waals surface area contributed by atoms with Gasteiger partial charge in [-0.2, -0.15) is 9.61 Å². The number of nitrogens with zero attached hydrogens (tertiary/aromatic N) is 7. The van der Waals surface area contributed by atoms with Crippen molar-refractivity contribution >= 4 is 28.2 Å². The zero-order valence-corrected chi connectivity index (χ0v) is 19.9. The number of aliphatic hydroxyl groups is 2. The van der Waals surface area contributed by atoms with Crippen molar-refractivity contribution in [3.05, 3.63) is 36.2 Å². The number of hydrogen-bond donors (Lipinski definition) is 3. The first-order chi connectivity index (χ1) is 16.8. The lowest BCUT2D eigenvalue weighted by atomic mass is 9.92. The summed E-state index contributed by atoms with van der Waals surface area (Å²) in [4.78, 5) is 11.3. The van der Waals surface area contributed by atoms with E-state index in [2.05, 4.69) is 27.0 Å². The number of anilines is 2. The van der Waals surface area contributed by atoms with E-state index in [1.165, 1.54) is 23.8 Å². The molecule has 4 N–H and O–H groups in total. The molecule has 1 fully saturated rings. The molecule has 3 aromatic heterocycles. The Labute approximate surface area is 200 Å². The van der Waals surface area contributed by atoms with Gasteiger partial charge in [0.05, 0.1) is 37.7 Å². The first-order valence-electron chi connectivity index (χ1n) is 11.5. The Morgan fingerprint density at radius 1 is 1.23 bits per heavy atom. The number of hydrogen-bond acceptors (Lipinski definition) is 9. The summed E-state index contributed by atoms with van der Waals surface area (Å²) in [5.41, 5.74) is 7.09. The molecular formula is C23H29FN8O3. The Morgan fingerprint density at radius 2 is 2.00 bits per heavy atom. The van der Waals surface area contributed by atoms with Gasteiger partial charge in [0.2, 0.25) is 5.95 Å². The lowest BCUT2D eigenvalue weighted by Crippen LogP contribution is -2.41. The number of halogens is 1. The van der Waals surface area contributed by atoms with Crippen LogP contribution in [0.3, 0.4) is 0 Å². The van der Waals surface area contributed by atoms with Crippen molar-refractivity contribution in [2.75, 3.05) is 37.5 Å². The summed E-state index contributed by atoms with van der Waals surface area (Å²) in [6.45, 7) is 4.07. The fraction of sp³-hybridized carbons (Fsp3) is 0.478. The second-order valence-corrected chi connectivity index (χ2v) is 9.41. The SMILES string of the molecule is COc1cc2nc(N)n3nc([C@@H]4CC[C@H](C)N(c5cnn(C(C)(CO)CO)c5)C4)nc3c2cc1F. The topological polar surface area (TPSA) is 140 Å². The number of rotatable bonds is 6. The molecule has 11 nitrogen and oxygen atoms in total. The van der Waals surface area contributed by atoms with Crippen LogP contribution in [0.25, 0.3) is 16.6 Å². The Morgan fingerprint density at radius 3 is 2.71 bits per heavy atom. The molecule has 35 heavy (non-hydrogen) atoms. The molecule has 2 atom stereocenters. The number of nitrogen functional groups attached to an aromatic ring is 1. The van der Waals surface area contributed by atoms with E-state index in [0.717, 1.165) is 18.5 Å². The van der Waals surface area contributed by atoms with Crippen molar-refractivity contribution < 1.29 is 19.3 Å². The third kappa shape index (κ3) is 3.82. The fourth-order valence-electron chi connectivity index (χ4n) is 4.61. The van der Waals surface area contributed by atoms with E-state index in [4.69, 9.17) is 15.5 Å². The van der Waals surface area contributed by atoms with Gasteiger partial charge in [0.25, 0.3) is 0 Å². The molecule has 0 unspecified atom stereocenters. The maximum Gasteiger partial charge on any atom is 0.223 e. The third-order valence-corrected chi connectivity index (χ3v) is 6.97. The third-order valence-electron chi connectivity index (χ3n) is 6.97. The number of piperidine rings is 1. The standard InChI is InChI=1S/C23H29FN8O3/c1-13-4-5-14(9-30(13)15-8-26-31(10-15)23(2,11-33)12-34)20-28-21-16-6-17(24)19(35-3)7-18(16)27-22(25)32(21)29-20/h6-8,10,13-14,33-34H,4-5,9,11-12H2,1-3H3,(H2,25,27)/t13-,14+/m0/s1. The molecule has 4 aromatic rings. The molecule has 12 heteroatoms. The Balaban J connectivity index is 1.49. The van der Waals surface area contributed by atoms with E-state index in [0.29, 0.717) is 28.9 Å². The van der Waals surface area contributed by atoms with Crippen LogP contribution in [0.1, 0.15) is 38.4 Å². The minimum atomic E-state index is -0.886. The van der Waals surface area contributed by atoms with E-state index in [1.807, 2.05) is 6.20 Å². The first kappa shape index (κ1) is 23.2. The number of aromatic nitrogens is 6. The highest BCUT2D eigenvalue weighted by molar-refractivity contribution is 5.93. The second-order valence-electron chi connectivity index (χ2n) is 9.41. The van der Waals surface area contributed by atoms with Crippen LogP contribution in [0.15, 0.2) is 24.5 Å². The maximum atomic E-state index is 14.4. The number of fused-ring (bicyclic) bond motifs is 3. The molecule has 0 radical (unpaired) electrons. The predicted molar refractivity (Wildman–Crippen MR) is 128 cm³/mol. The number of ether oxygens (including phenoxy) is 1. The molecule has 5 rings (SSSR count). The summed E-state index contributed by atoms with van der Waals surface area (Å²) >= 11 is 0. The summed E-state index contributed by atoms with van der Waals surface area (Å²) in [6, 6.07) is 3.10. The lowest BCUT2D eigenvalue weighted by Gasteiger charge is -2.38. The van der Waals surface area contributed by atoms with Crippen molar-refractivity contribution in [3.8, 4) is 5.75 Å². The van der Waals surface area contributed by atoms with Crippen molar-refractivity contribution in [1.29, 1.82) is 0 Å². The largest absolute Gasteiger partial charge is 0.494 e. The van der Waals surface area contributed by atoms with Crippen LogP contribution in [-0.2, 0) is 5.54 Å². The van der Waals surface area contributed by atoms with Gasteiger partial charge in [-0.3, -0.25) is 4.68 Å². The Kier molecular flexibility index (Phi) is 5.72. The lowest BCUT2D eigenvalue weighted by molar-refractivity contribution is 0.0681. The van der Waals surface area contributed by atoms with Crippen molar-refractivity contribution in [3.63, 3.8) is 0 Å². The molecule has 1 aliphatic heterocycles. The molecule has 1 aliphatic rings. The zero-order valence-electron chi connectivity index (χ0n) is 19.9. The first-order valence-corrected chi connectivity index (χ1v) is 11.5. The minimum Gasteiger partial charge on any atom is -0.494 e. The zero-order chi connectivity index (χ0) is 24.9. The maximum absolute atomic E-state index is 14.4. The van der Waals surface area contributed by atoms with Gasteiger partial charge < -0.3 is 25.6 Å². The van der Waals surface area contributed by atoms with Gasteiger partial charge in [-0.05, 0) is 32.8 Å². The molecule has 186 valence electrons. The quantitative estimate of drug-likeness (QED) is 0.373. The van der Waals surface area contributed by atoms with Gasteiger partial charge >= 0.3 is 0 Å². The van der Waals surface area contributed by atoms with Crippen molar-refractivity contribution in [2.24, 2.45) is 0 Å². The van der Waals surface area contributed by atoms with Crippen molar-refractivity contribution in [1.82, 2.24) is 29.4 Å². The molecule has 0 saturated carbocycles. The smallest absolute Gasteiger partial charge is 0.223 e. The van der Waals surface area contributed by atoms with Crippen LogP contribution in [0.5, 0.6) is 5.75 Å². The van der Waals surface area contributed by atoms with Crippen molar-refractivity contribution in [2.45, 2.75) is 44.2 Å². The van der Waals surface area contributed by atoms with E-state index >= 15 is 0 Å². The molecule has 0 bridgehead atoms. The Bertz CT molecular complexity index is 1380. The van der Waals surface area contributed by atoms with E-state index < -0.39 is 11.4 Å². The monoisotopic (exact) mass is 484 g/mol. The normalized spacial score (nSPS) is 19.1. The number of benzene rings is 1. The van der Waals surface area contributed by atoms with Crippen LogP contribution in [0.2, 0.25) is 0 Å². The molecule has 0 amide bonds. The number of nitrogens with two attached hydrogens (primary N) is 1. The Hall–Kier alpha value is -3.51. The second kappa shape index (κ2) is 8.61. The van der Waals surface area contributed by atoms with Gasteiger partial charge in [0.1, 0.15) is 5.54 Å². The molecular weight excluding hydrogens is 455 g/mol. The summed E-state index contributed by atoms with van der Waals surface area (Å²) in [5, 5.41) is 29.0. The molecule has 1 aromatic carbocycles. The summed E-state index contributed by atoms with van der Waals surface area (Å²) < 4.78 is 22.6. The summed E-state index contributed by atoms with van der Waals surface area (Å²) in [6.07, 6.45) is 5.36. The summed E-state index contributed by atoms with van der Waals surface area (Å²) in [7, 11) is 1.40. The number of methoxy groups -OCH3 is 1. The van der Waals surface area contributed by atoms with Crippen LogP contribution >= 0.6 is 0 Å². The van der Waals surface area contributed by atoms with Crippen LogP contribution < -0.4 is 15.4 Å². The summed E-state index contributed by atoms with van der Waals surface area (Å²) in [5.74, 6) is 0.362. The predicted octanol–water partition coefficient (Wildman–Crippen LogP) is 1.68. The van der Waals surface area contributed by atoms with E-state index in [-0.39, 0.29) is 36.9 Å². The average molecular weight is 485 g/mol. The fourth-order valence-corrected chi connectivity index (χ4v) is 4.61. The van der Waals surface area contributed by atoms with E-state index in [9.17, 15) is 14.6 Å². The van der Waals surface area contributed by atoms with E-state index in [1.54, 1.807) is 17.8 Å².